The number of nitrogens with one attached hydrogen (secondary N) is 1. The zero-order valence-electron chi connectivity index (χ0n) is 15.5. The molecule has 0 radical (unpaired) electrons. The Morgan fingerprint density at radius 1 is 1.00 bits per heavy atom. The van der Waals surface area contributed by atoms with Gasteiger partial charge in [-0.05, 0) is 61.2 Å². The SMILES string of the molecule is COc1cc(Br)c(CCNC(=O)COc2cc(C)cc(C)c2)cc1OC. The summed E-state index contributed by atoms with van der Waals surface area (Å²) in [7, 11) is 3.20. The van der Waals surface area contributed by atoms with Crippen molar-refractivity contribution < 1.29 is 19.0 Å². The van der Waals surface area contributed by atoms with Gasteiger partial charge in [0.05, 0.1) is 14.2 Å². The first kappa shape index (κ1) is 20.1. The third kappa shape index (κ3) is 5.66. The van der Waals surface area contributed by atoms with Gasteiger partial charge < -0.3 is 19.5 Å². The first-order valence-corrected chi connectivity index (χ1v) is 9.10. The van der Waals surface area contributed by atoms with Crippen LogP contribution >= 0.6 is 15.9 Å². The van der Waals surface area contributed by atoms with Gasteiger partial charge in [0.25, 0.3) is 5.91 Å². The van der Waals surface area contributed by atoms with Crippen LogP contribution in [0.2, 0.25) is 0 Å². The van der Waals surface area contributed by atoms with Crippen molar-refractivity contribution in [1.29, 1.82) is 0 Å². The average Bonchev–Trinajstić information content (AvgIpc) is 2.60. The second-order valence-corrected chi connectivity index (χ2v) is 6.86. The minimum Gasteiger partial charge on any atom is -0.493 e. The van der Waals surface area contributed by atoms with Crippen molar-refractivity contribution in [2.45, 2.75) is 20.3 Å². The molecule has 1 N–H and O–H groups in total. The van der Waals surface area contributed by atoms with E-state index in [0.717, 1.165) is 21.2 Å². The summed E-state index contributed by atoms with van der Waals surface area (Å²) in [6.45, 7) is 4.50. The number of hydrogen-bond donors (Lipinski definition) is 1. The van der Waals surface area contributed by atoms with E-state index in [4.69, 9.17) is 14.2 Å². The fourth-order valence-corrected chi connectivity index (χ4v) is 3.16. The van der Waals surface area contributed by atoms with Gasteiger partial charge in [-0.2, -0.15) is 0 Å². The molecule has 0 aliphatic heterocycles. The van der Waals surface area contributed by atoms with E-state index in [1.807, 2.05) is 38.1 Å². The lowest BCUT2D eigenvalue weighted by Gasteiger charge is -2.12. The van der Waals surface area contributed by atoms with Crippen LogP contribution in [0, 0.1) is 13.8 Å². The topological polar surface area (TPSA) is 56.8 Å². The number of ether oxygens (including phenoxy) is 3. The number of methoxy groups -OCH3 is 2. The molecule has 0 aromatic heterocycles. The van der Waals surface area contributed by atoms with E-state index in [2.05, 4.69) is 27.3 Å². The van der Waals surface area contributed by atoms with E-state index in [0.29, 0.717) is 30.2 Å². The number of hydrogen-bond acceptors (Lipinski definition) is 4. The normalized spacial score (nSPS) is 10.3. The monoisotopic (exact) mass is 421 g/mol. The quantitative estimate of drug-likeness (QED) is 0.703. The molecule has 0 heterocycles. The smallest absolute Gasteiger partial charge is 0.257 e. The number of carbonyl (C=O) groups is 1. The molecule has 5 nitrogen and oxygen atoms in total. The molecule has 0 spiro atoms. The summed E-state index contributed by atoms with van der Waals surface area (Å²) in [5.41, 5.74) is 3.25. The maximum atomic E-state index is 12.0. The van der Waals surface area contributed by atoms with Crippen LogP contribution in [0.3, 0.4) is 0 Å². The molecule has 6 heteroatoms. The molecule has 1 amide bonds. The largest absolute Gasteiger partial charge is 0.493 e. The van der Waals surface area contributed by atoms with Gasteiger partial charge in [-0.15, -0.1) is 0 Å². The minimum atomic E-state index is -0.152. The van der Waals surface area contributed by atoms with Crippen molar-refractivity contribution in [3.63, 3.8) is 0 Å². The van der Waals surface area contributed by atoms with Crippen molar-refractivity contribution in [3.8, 4) is 17.2 Å². The van der Waals surface area contributed by atoms with Crippen LogP contribution < -0.4 is 19.5 Å². The molecule has 0 bridgehead atoms. The number of aryl methyl sites for hydroxylation is 2. The lowest BCUT2D eigenvalue weighted by molar-refractivity contribution is -0.123. The van der Waals surface area contributed by atoms with Crippen LogP contribution in [-0.2, 0) is 11.2 Å². The number of benzene rings is 2. The number of halogens is 1. The van der Waals surface area contributed by atoms with Crippen LogP contribution in [0.5, 0.6) is 17.2 Å². The molecule has 2 aromatic carbocycles. The van der Waals surface area contributed by atoms with Gasteiger partial charge in [0.1, 0.15) is 5.75 Å². The summed E-state index contributed by atoms with van der Waals surface area (Å²) in [6.07, 6.45) is 0.663. The maximum Gasteiger partial charge on any atom is 0.257 e. The Morgan fingerprint density at radius 2 is 1.62 bits per heavy atom. The van der Waals surface area contributed by atoms with E-state index in [9.17, 15) is 4.79 Å². The molecule has 2 aromatic rings. The van der Waals surface area contributed by atoms with Crippen molar-refractivity contribution >= 4 is 21.8 Å². The lowest BCUT2D eigenvalue weighted by atomic mass is 10.1. The highest BCUT2D eigenvalue weighted by Gasteiger charge is 2.10. The first-order chi connectivity index (χ1) is 12.4. The van der Waals surface area contributed by atoms with Crippen molar-refractivity contribution in [2.24, 2.45) is 0 Å². The van der Waals surface area contributed by atoms with Gasteiger partial charge in [0.2, 0.25) is 0 Å². The van der Waals surface area contributed by atoms with Crippen LogP contribution in [0.4, 0.5) is 0 Å². The standard InChI is InChI=1S/C20H24BrNO4/c1-13-7-14(2)9-16(8-13)26-12-20(23)22-6-5-15-10-18(24-3)19(25-4)11-17(15)21/h7-11H,5-6,12H2,1-4H3,(H,22,23). The second-order valence-electron chi connectivity index (χ2n) is 6.01. The predicted molar refractivity (Wildman–Crippen MR) is 105 cm³/mol. The molecule has 0 fully saturated rings. The van der Waals surface area contributed by atoms with E-state index >= 15 is 0 Å². The molecule has 0 saturated carbocycles. The molecule has 0 atom stereocenters. The van der Waals surface area contributed by atoms with Crippen molar-refractivity contribution in [3.05, 3.63) is 51.5 Å². The Hall–Kier alpha value is -2.21. The minimum absolute atomic E-state index is 0.00397. The van der Waals surface area contributed by atoms with Gasteiger partial charge in [-0.25, -0.2) is 0 Å². The molecule has 0 saturated heterocycles. The van der Waals surface area contributed by atoms with Crippen molar-refractivity contribution in [1.82, 2.24) is 5.32 Å². The second kappa shape index (κ2) is 9.48. The molecule has 0 unspecified atom stereocenters. The third-order valence-corrected chi connectivity index (χ3v) is 4.57. The summed E-state index contributed by atoms with van der Waals surface area (Å²) >= 11 is 3.52. The Bertz CT molecular complexity index is 756. The molecule has 0 aliphatic rings. The lowest BCUT2D eigenvalue weighted by Crippen LogP contribution is -2.30. The first-order valence-electron chi connectivity index (χ1n) is 8.31. The summed E-state index contributed by atoms with van der Waals surface area (Å²) in [5, 5.41) is 2.87. The fourth-order valence-electron chi connectivity index (χ4n) is 2.64. The molecule has 2 rings (SSSR count). The van der Waals surface area contributed by atoms with E-state index < -0.39 is 0 Å². The zero-order valence-corrected chi connectivity index (χ0v) is 17.1. The fraction of sp³-hybridized carbons (Fsp3) is 0.350. The number of carbonyl (C=O) groups excluding carboxylic acids is 1. The highest BCUT2D eigenvalue weighted by Crippen LogP contribution is 2.33. The Balaban J connectivity index is 1.84. The van der Waals surface area contributed by atoms with Crippen LogP contribution in [0.25, 0.3) is 0 Å². The van der Waals surface area contributed by atoms with Gasteiger partial charge in [0.15, 0.2) is 18.1 Å². The van der Waals surface area contributed by atoms with Crippen LogP contribution in [0.1, 0.15) is 16.7 Å². The molecule has 0 aliphatic carbocycles. The number of rotatable bonds is 8. The van der Waals surface area contributed by atoms with Gasteiger partial charge in [-0.3, -0.25) is 4.79 Å². The molecular weight excluding hydrogens is 398 g/mol. The van der Waals surface area contributed by atoms with Gasteiger partial charge >= 0.3 is 0 Å². The Morgan fingerprint density at radius 3 is 2.23 bits per heavy atom. The average molecular weight is 422 g/mol. The zero-order chi connectivity index (χ0) is 19.1. The highest BCUT2D eigenvalue weighted by molar-refractivity contribution is 9.10. The predicted octanol–water partition coefficient (Wildman–Crippen LogP) is 3.82. The summed E-state index contributed by atoms with van der Waals surface area (Å²) in [6, 6.07) is 9.66. The van der Waals surface area contributed by atoms with Gasteiger partial charge in [-0.1, -0.05) is 22.0 Å². The van der Waals surface area contributed by atoms with Crippen LogP contribution in [-0.4, -0.2) is 33.3 Å². The Kier molecular flexibility index (Phi) is 7.33. The van der Waals surface area contributed by atoms with Crippen molar-refractivity contribution in [2.75, 3.05) is 27.4 Å². The summed E-state index contributed by atoms with van der Waals surface area (Å²) < 4.78 is 17.1. The molecule has 26 heavy (non-hydrogen) atoms. The molecule has 140 valence electrons. The van der Waals surface area contributed by atoms with Gasteiger partial charge in [0, 0.05) is 11.0 Å². The summed E-state index contributed by atoms with van der Waals surface area (Å²) in [5.74, 6) is 1.88. The molecular formula is C20H24BrNO4. The summed E-state index contributed by atoms with van der Waals surface area (Å²) in [4.78, 5) is 12.0. The number of amides is 1. The highest BCUT2D eigenvalue weighted by atomic mass is 79.9. The van der Waals surface area contributed by atoms with E-state index in [1.165, 1.54) is 0 Å². The maximum absolute atomic E-state index is 12.0. The Labute approximate surface area is 162 Å². The third-order valence-electron chi connectivity index (χ3n) is 3.83. The van der Waals surface area contributed by atoms with Crippen LogP contribution in [0.15, 0.2) is 34.8 Å². The van der Waals surface area contributed by atoms with E-state index in [-0.39, 0.29) is 12.5 Å². The van der Waals surface area contributed by atoms with E-state index in [1.54, 1.807) is 14.2 Å².